The largest absolute Gasteiger partial charge is 0.353 e. The van der Waals surface area contributed by atoms with Gasteiger partial charge in [0, 0.05) is 36.9 Å². The summed E-state index contributed by atoms with van der Waals surface area (Å²) in [6, 6.07) is 16.4. The van der Waals surface area contributed by atoms with Crippen LogP contribution in [0.2, 0.25) is 0 Å². The van der Waals surface area contributed by atoms with E-state index in [-0.39, 0.29) is 23.3 Å². The van der Waals surface area contributed by atoms with Crippen molar-refractivity contribution >= 4 is 17.7 Å². The fourth-order valence-corrected chi connectivity index (χ4v) is 4.03. The van der Waals surface area contributed by atoms with Crippen molar-refractivity contribution in [1.82, 2.24) is 20.4 Å². The van der Waals surface area contributed by atoms with Gasteiger partial charge in [-0.05, 0) is 62.0 Å². The minimum atomic E-state index is -0.473. The molecule has 1 aliphatic heterocycles. The summed E-state index contributed by atoms with van der Waals surface area (Å²) in [6.45, 7) is 3.80. The normalized spacial score (nSPS) is 14.9. The monoisotopic (exact) mass is 461 g/mol. The third kappa shape index (κ3) is 6.58. The van der Waals surface area contributed by atoms with Crippen molar-refractivity contribution in [3.63, 3.8) is 0 Å². The lowest BCUT2D eigenvalue weighted by Crippen LogP contribution is -2.34. The van der Waals surface area contributed by atoms with E-state index in [2.05, 4.69) is 44.6 Å². The third-order valence-electron chi connectivity index (χ3n) is 5.96. The van der Waals surface area contributed by atoms with E-state index >= 15 is 0 Å². The van der Waals surface area contributed by atoms with Crippen molar-refractivity contribution in [3.8, 4) is 11.5 Å². The molecule has 0 unspecified atom stereocenters. The van der Waals surface area contributed by atoms with E-state index in [1.165, 1.54) is 42.0 Å². The first-order chi connectivity index (χ1) is 16.6. The summed E-state index contributed by atoms with van der Waals surface area (Å²) in [5.74, 6) is 0.906. The highest BCUT2D eigenvalue weighted by molar-refractivity contribution is 5.91. The highest BCUT2D eigenvalue weighted by atomic mass is 16.6. The quantitative estimate of drug-likeness (QED) is 0.290. The van der Waals surface area contributed by atoms with E-state index in [1.807, 2.05) is 6.07 Å². The van der Waals surface area contributed by atoms with Gasteiger partial charge in [0.25, 0.3) is 11.6 Å². The second kappa shape index (κ2) is 11.3. The van der Waals surface area contributed by atoms with Crippen LogP contribution in [0.4, 0.5) is 5.69 Å². The van der Waals surface area contributed by atoms with Crippen LogP contribution in [0.3, 0.4) is 0 Å². The Morgan fingerprint density at radius 2 is 1.88 bits per heavy atom. The Morgan fingerprint density at radius 1 is 1.15 bits per heavy atom. The number of nitrogens with zero attached hydrogens (tertiary/aromatic N) is 4. The lowest BCUT2D eigenvalue weighted by molar-refractivity contribution is -0.384. The fourth-order valence-electron chi connectivity index (χ4n) is 4.03. The summed E-state index contributed by atoms with van der Waals surface area (Å²) >= 11 is 0. The van der Waals surface area contributed by atoms with Crippen molar-refractivity contribution in [2.75, 3.05) is 19.6 Å². The Bertz CT molecular complexity index is 1120. The number of piperidine rings is 1. The second-order valence-corrected chi connectivity index (χ2v) is 8.38. The zero-order valence-corrected chi connectivity index (χ0v) is 18.8. The number of likely N-dealkylation sites (tertiary alicyclic amines) is 1. The van der Waals surface area contributed by atoms with Gasteiger partial charge in [-0.1, -0.05) is 35.5 Å². The minimum absolute atomic E-state index is 0.0159. The molecule has 3 aromatic rings. The van der Waals surface area contributed by atoms with Crippen molar-refractivity contribution in [2.45, 2.75) is 25.8 Å². The molecule has 2 aromatic carbocycles. The highest BCUT2D eigenvalue weighted by Gasteiger charge is 2.19. The molecule has 0 spiro atoms. The molecule has 2 heterocycles. The molecular formula is C25H27N5O4. The molecule has 4 rings (SSSR count). The Kier molecular flexibility index (Phi) is 7.77. The van der Waals surface area contributed by atoms with Gasteiger partial charge < -0.3 is 9.84 Å². The number of nitrogens with one attached hydrogen (secondary N) is 1. The van der Waals surface area contributed by atoms with E-state index in [1.54, 1.807) is 0 Å². The van der Waals surface area contributed by atoms with E-state index in [9.17, 15) is 14.9 Å². The molecule has 1 amide bonds. The maximum Gasteiger partial charge on any atom is 0.269 e. The number of non-ortho nitro benzene ring substituents is 1. The number of aromatic nitrogens is 2. The number of benzene rings is 2. The molecule has 1 fully saturated rings. The molecule has 0 radical (unpaired) electrons. The molecule has 1 aliphatic rings. The van der Waals surface area contributed by atoms with E-state index in [4.69, 9.17) is 4.52 Å². The maximum absolute atomic E-state index is 12.1. The number of amides is 1. The smallest absolute Gasteiger partial charge is 0.269 e. The summed E-state index contributed by atoms with van der Waals surface area (Å²) in [7, 11) is 0. The molecule has 1 aromatic heterocycles. The van der Waals surface area contributed by atoms with Crippen LogP contribution in [-0.2, 0) is 11.3 Å². The van der Waals surface area contributed by atoms with Crippen LogP contribution < -0.4 is 5.32 Å². The second-order valence-electron chi connectivity index (χ2n) is 8.38. The van der Waals surface area contributed by atoms with Crippen LogP contribution in [0, 0.1) is 16.0 Å². The van der Waals surface area contributed by atoms with Gasteiger partial charge in [0.15, 0.2) is 5.82 Å². The molecule has 9 heteroatoms. The van der Waals surface area contributed by atoms with Crippen LogP contribution in [0.5, 0.6) is 0 Å². The van der Waals surface area contributed by atoms with Gasteiger partial charge in [-0.2, -0.15) is 4.98 Å². The average molecular weight is 462 g/mol. The van der Waals surface area contributed by atoms with Crippen LogP contribution in [0.15, 0.2) is 65.2 Å². The molecular weight excluding hydrogens is 434 g/mol. The van der Waals surface area contributed by atoms with E-state index < -0.39 is 4.92 Å². The van der Waals surface area contributed by atoms with Gasteiger partial charge in [0.1, 0.15) is 0 Å². The molecule has 0 aliphatic carbocycles. The number of hydrogen-bond acceptors (Lipinski definition) is 7. The van der Waals surface area contributed by atoms with Crippen molar-refractivity contribution < 1.29 is 14.2 Å². The molecule has 176 valence electrons. The zero-order valence-electron chi connectivity index (χ0n) is 18.8. The average Bonchev–Trinajstić information content (AvgIpc) is 3.34. The summed E-state index contributed by atoms with van der Waals surface area (Å²) in [4.78, 5) is 29.1. The summed E-state index contributed by atoms with van der Waals surface area (Å²) < 4.78 is 5.17. The van der Waals surface area contributed by atoms with E-state index in [0.717, 1.165) is 38.9 Å². The van der Waals surface area contributed by atoms with Crippen LogP contribution in [0.25, 0.3) is 17.5 Å². The number of nitro groups is 1. The van der Waals surface area contributed by atoms with Crippen molar-refractivity contribution in [3.05, 3.63) is 82.2 Å². The molecule has 0 bridgehead atoms. The van der Waals surface area contributed by atoms with Crippen LogP contribution >= 0.6 is 0 Å². The van der Waals surface area contributed by atoms with E-state index in [0.29, 0.717) is 18.0 Å². The number of hydrogen-bond donors (Lipinski definition) is 1. The molecule has 0 saturated carbocycles. The molecule has 1 N–H and O–H groups in total. The van der Waals surface area contributed by atoms with Crippen LogP contribution in [0.1, 0.15) is 30.7 Å². The lowest BCUT2D eigenvalue weighted by atomic mass is 9.93. The molecule has 34 heavy (non-hydrogen) atoms. The highest BCUT2D eigenvalue weighted by Crippen LogP contribution is 2.22. The number of rotatable bonds is 9. The number of carbonyl (C=O) groups excluding carboxylic acids is 1. The standard InChI is InChI=1S/C25H27N5O4/c31-24(11-10-23-27-25(34-28-23)21-6-8-22(9-7-21)30(32)33)26-15-12-19-13-16-29(17-14-19)18-20-4-2-1-3-5-20/h1-11,19H,12-18H2,(H,26,31)/b11-10+. The Balaban J connectivity index is 1.16. The first-order valence-electron chi connectivity index (χ1n) is 11.4. The van der Waals surface area contributed by atoms with Crippen molar-refractivity contribution in [1.29, 1.82) is 0 Å². The topological polar surface area (TPSA) is 114 Å². The predicted octanol–water partition coefficient (Wildman–Crippen LogP) is 4.08. The lowest BCUT2D eigenvalue weighted by Gasteiger charge is -2.32. The van der Waals surface area contributed by atoms with Gasteiger partial charge >= 0.3 is 0 Å². The zero-order chi connectivity index (χ0) is 23.8. The van der Waals surface area contributed by atoms with Gasteiger partial charge in [-0.25, -0.2) is 0 Å². The summed E-state index contributed by atoms with van der Waals surface area (Å²) in [5, 5.41) is 17.5. The first-order valence-corrected chi connectivity index (χ1v) is 11.4. The van der Waals surface area contributed by atoms with Crippen molar-refractivity contribution in [2.24, 2.45) is 5.92 Å². The molecule has 0 atom stereocenters. The number of nitro benzene ring substituents is 1. The first kappa shape index (κ1) is 23.3. The van der Waals surface area contributed by atoms with Gasteiger partial charge in [-0.3, -0.25) is 19.8 Å². The Morgan fingerprint density at radius 3 is 2.59 bits per heavy atom. The molecule has 9 nitrogen and oxygen atoms in total. The minimum Gasteiger partial charge on any atom is -0.353 e. The SMILES string of the molecule is O=C(/C=C/c1noc(-c2ccc([N+](=O)[O-])cc2)n1)NCCC1CCN(Cc2ccccc2)CC1. The third-order valence-corrected chi connectivity index (χ3v) is 5.96. The van der Waals surface area contributed by atoms with Gasteiger partial charge in [0.2, 0.25) is 5.91 Å². The summed E-state index contributed by atoms with van der Waals surface area (Å²) in [5.41, 5.74) is 1.90. The maximum atomic E-state index is 12.1. The van der Waals surface area contributed by atoms with Gasteiger partial charge in [0.05, 0.1) is 4.92 Å². The fraction of sp³-hybridized carbons (Fsp3) is 0.320. The predicted molar refractivity (Wildman–Crippen MR) is 127 cm³/mol. The Hall–Kier alpha value is -3.85. The molecule has 1 saturated heterocycles. The Labute approximate surface area is 197 Å². The van der Waals surface area contributed by atoms with Gasteiger partial charge in [-0.15, -0.1) is 0 Å². The number of carbonyl (C=O) groups is 1. The summed E-state index contributed by atoms with van der Waals surface area (Å²) in [6.07, 6.45) is 6.12. The van der Waals surface area contributed by atoms with Crippen LogP contribution in [-0.4, -0.2) is 45.5 Å².